The lowest BCUT2D eigenvalue weighted by atomic mass is 10.2. The summed E-state index contributed by atoms with van der Waals surface area (Å²) in [5.41, 5.74) is 4.31. The lowest BCUT2D eigenvalue weighted by Gasteiger charge is -2.12. The topological polar surface area (TPSA) is 73.3 Å². The standard InChI is InChI=1S/C18H21N3O4S/c1-22-14-7-5-6-13(10-14)20-18(26)21-19-11-12-8-15(23-2)17(25-4)16(9-12)24-3/h5-11H,1-4H3,(H2,20,21,26)/b19-11-. The Bertz CT molecular complexity index is 771. The van der Waals surface area contributed by atoms with Crippen LogP contribution in [0, 0.1) is 0 Å². The average Bonchev–Trinajstić information content (AvgIpc) is 2.67. The summed E-state index contributed by atoms with van der Waals surface area (Å²) in [4.78, 5) is 0. The van der Waals surface area contributed by atoms with E-state index in [0.717, 1.165) is 17.0 Å². The van der Waals surface area contributed by atoms with Crippen LogP contribution in [-0.2, 0) is 0 Å². The van der Waals surface area contributed by atoms with Crippen molar-refractivity contribution < 1.29 is 18.9 Å². The fourth-order valence-electron chi connectivity index (χ4n) is 2.20. The Morgan fingerprint density at radius 2 is 1.65 bits per heavy atom. The van der Waals surface area contributed by atoms with Crippen molar-refractivity contribution in [1.82, 2.24) is 5.43 Å². The van der Waals surface area contributed by atoms with Gasteiger partial charge in [0, 0.05) is 17.3 Å². The van der Waals surface area contributed by atoms with Crippen molar-refractivity contribution in [3.63, 3.8) is 0 Å². The summed E-state index contributed by atoms with van der Waals surface area (Å²) in [6.45, 7) is 0. The Labute approximate surface area is 157 Å². The second-order valence-corrected chi connectivity index (χ2v) is 5.42. The minimum atomic E-state index is 0.349. The molecule has 0 radical (unpaired) electrons. The normalized spacial score (nSPS) is 10.3. The van der Waals surface area contributed by atoms with Crippen molar-refractivity contribution in [3.05, 3.63) is 42.0 Å². The van der Waals surface area contributed by atoms with Gasteiger partial charge in [-0.25, -0.2) is 0 Å². The van der Waals surface area contributed by atoms with Gasteiger partial charge in [-0.3, -0.25) is 5.43 Å². The zero-order chi connectivity index (χ0) is 18.9. The Morgan fingerprint density at radius 1 is 0.962 bits per heavy atom. The van der Waals surface area contributed by atoms with E-state index in [2.05, 4.69) is 15.8 Å². The number of rotatable bonds is 7. The van der Waals surface area contributed by atoms with E-state index in [4.69, 9.17) is 31.2 Å². The molecule has 8 heteroatoms. The number of ether oxygens (including phenoxy) is 4. The quantitative estimate of drug-likeness (QED) is 0.438. The van der Waals surface area contributed by atoms with Crippen molar-refractivity contribution in [2.45, 2.75) is 0 Å². The smallest absolute Gasteiger partial charge is 0.203 e. The van der Waals surface area contributed by atoms with Gasteiger partial charge in [0.05, 0.1) is 34.7 Å². The van der Waals surface area contributed by atoms with Gasteiger partial charge in [0.1, 0.15) is 5.75 Å². The number of hydrogen-bond acceptors (Lipinski definition) is 6. The van der Waals surface area contributed by atoms with Crippen LogP contribution in [0.25, 0.3) is 0 Å². The molecule has 2 N–H and O–H groups in total. The molecule has 0 aliphatic rings. The van der Waals surface area contributed by atoms with Gasteiger partial charge < -0.3 is 24.3 Å². The van der Waals surface area contributed by atoms with Gasteiger partial charge in [-0.2, -0.15) is 5.10 Å². The number of nitrogens with one attached hydrogen (secondary N) is 2. The zero-order valence-corrected chi connectivity index (χ0v) is 15.8. The van der Waals surface area contributed by atoms with E-state index in [1.165, 1.54) is 0 Å². The maximum absolute atomic E-state index is 5.31. The molecule has 0 saturated heterocycles. The summed E-state index contributed by atoms with van der Waals surface area (Å²) >= 11 is 5.22. The van der Waals surface area contributed by atoms with Crippen LogP contribution in [0.2, 0.25) is 0 Å². The number of benzene rings is 2. The summed E-state index contributed by atoms with van der Waals surface area (Å²) < 4.78 is 21.1. The monoisotopic (exact) mass is 375 g/mol. The van der Waals surface area contributed by atoms with E-state index in [0.29, 0.717) is 22.4 Å². The largest absolute Gasteiger partial charge is 0.497 e. The first-order chi connectivity index (χ1) is 12.6. The molecule has 7 nitrogen and oxygen atoms in total. The van der Waals surface area contributed by atoms with Crippen molar-refractivity contribution in [1.29, 1.82) is 0 Å². The molecule has 0 aliphatic heterocycles. The van der Waals surface area contributed by atoms with Crippen molar-refractivity contribution in [3.8, 4) is 23.0 Å². The van der Waals surface area contributed by atoms with Gasteiger partial charge in [0.15, 0.2) is 16.6 Å². The lowest BCUT2D eigenvalue weighted by Crippen LogP contribution is -2.23. The second-order valence-electron chi connectivity index (χ2n) is 5.01. The van der Waals surface area contributed by atoms with Crippen molar-refractivity contribution in [2.75, 3.05) is 33.8 Å². The molecule has 0 bridgehead atoms. The predicted molar refractivity (Wildman–Crippen MR) is 106 cm³/mol. The fourth-order valence-corrected chi connectivity index (χ4v) is 2.37. The summed E-state index contributed by atoms with van der Waals surface area (Å²) in [7, 11) is 6.28. The Balaban J connectivity index is 2.04. The molecule has 0 unspecified atom stereocenters. The molecule has 2 aromatic carbocycles. The first-order valence-electron chi connectivity index (χ1n) is 7.65. The summed E-state index contributed by atoms with van der Waals surface area (Å²) in [6, 6.07) is 11.0. The first-order valence-corrected chi connectivity index (χ1v) is 8.06. The van der Waals surface area contributed by atoms with Gasteiger partial charge >= 0.3 is 0 Å². The average molecular weight is 375 g/mol. The van der Waals surface area contributed by atoms with E-state index < -0.39 is 0 Å². The minimum absolute atomic E-state index is 0.349. The van der Waals surface area contributed by atoms with Gasteiger partial charge in [-0.15, -0.1) is 0 Å². The third-order valence-electron chi connectivity index (χ3n) is 3.39. The fraction of sp³-hybridized carbons (Fsp3) is 0.222. The van der Waals surface area contributed by atoms with Crippen LogP contribution < -0.4 is 29.7 Å². The molecule has 0 saturated carbocycles. The summed E-state index contributed by atoms with van der Waals surface area (Å²) in [6.07, 6.45) is 1.60. The van der Waals surface area contributed by atoms with Crippen LogP contribution in [0.5, 0.6) is 23.0 Å². The van der Waals surface area contributed by atoms with Crippen LogP contribution >= 0.6 is 12.2 Å². The van der Waals surface area contributed by atoms with Crippen LogP contribution in [0.3, 0.4) is 0 Å². The van der Waals surface area contributed by atoms with Crippen LogP contribution in [0.15, 0.2) is 41.5 Å². The number of methoxy groups -OCH3 is 4. The zero-order valence-electron chi connectivity index (χ0n) is 15.0. The maximum Gasteiger partial charge on any atom is 0.203 e. The SMILES string of the molecule is COc1cccc(NC(=S)N/N=C\c2cc(OC)c(OC)c(OC)c2)c1. The van der Waals surface area contributed by atoms with E-state index >= 15 is 0 Å². The van der Waals surface area contributed by atoms with Gasteiger partial charge in [-0.1, -0.05) is 6.07 Å². The van der Waals surface area contributed by atoms with Crippen molar-refractivity contribution in [2.24, 2.45) is 5.10 Å². The second kappa shape index (κ2) is 9.47. The van der Waals surface area contributed by atoms with E-state index in [1.807, 2.05) is 24.3 Å². The highest BCUT2D eigenvalue weighted by atomic mass is 32.1. The molecule has 26 heavy (non-hydrogen) atoms. The van der Waals surface area contributed by atoms with Gasteiger partial charge in [0.25, 0.3) is 0 Å². The van der Waals surface area contributed by atoms with E-state index in [1.54, 1.807) is 46.8 Å². The first kappa shape index (κ1) is 19.3. The van der Waals surface area contributed by atoms with Gasteiger partial charge in [0.2, 0.25) is 5.75 Å². The highest BCUT2D eigenvalue weighted by Gasteiger charge is 2.12. The highest BCUT2D eigenvalue weighted by Crippen LogP contribution is 2.37. The maximum atomic E-state index is 5.31. The van der Waals surface area contributed by atoms with E-state index in [-0.39, 0.29) is 0 Å². The molecule has 0 amide bonds. The minimum Gasteiger partial charge on any atom is -0.497 e. The molecule has 2 rings (SSSR count). The molecule has 0 atom stereocenters. The third kappa shape index (κ3) is 5.00. The highest BCUT2D eigenvalue weighted by molar-refractivity contribution is 7.80. The predicted octanol–water partition coefficient (Wildman–Crippen LogP) is 3.04. The van der Waals surface area contributed by atoms with Crippen LogP contribution in [0.4, 0.5) is 5.69 Å². The molecule has 0 aliphatic carbocycles. The number of nitrogens with zero attached hydrogens (tertiary/aromatic N) is 1. The summed E-state index contributed by atoms with van der Waals surface area (Å²) in [5.74, 6) is 2.35. The third-order valence-corrected chi connectivity index (χ3v) is 3.59. The summed E-state index contributed by atoms with van der Waals surface area (Å²) in [5, 5.41) is 7.50. The Kier molecular flexibility index (Phi) is 7.04. The molecule has 0 spiro atoms. The van der Waals surface area contributed by atoms with Crippen LogP contribution in [0.1, 0.15) is 5.56 Å². The molecule has 0 heterocycles. The molecular weight excluding hydrogens is 354 g/mol. The lowest BCUT2D eigenvalue weighted by molar-refractivity contribution is 0.324. The van der Waals surface area contributed by atoms with Gasteiger partial charge in [-0.05, 0) is 36.5 Å². The number of anilines is 1. The molecule has 138 valence electrons. The Morgan fingerprint density at radius 3 is 2.23 bits per heavy atom. The number of hydrogen-bond donors (Lipinski definition) is 2. The van der Waals surface area contributed by atoms with Crippen molar-refractivity contribution >= 4 is 29.2 Å². The molecular formula is C18H21N3O4S. The van der Waals surface area contributed by atoms with Crippen LogP contribution in [-0.4, -0.2) is 39.8 Å². The Hall–Kier alpha value is -3.00. The van der Waals surface area contributed by atoms with E-state index in [9.17, 15) is 0 Å². The molecule has 2 aromatic rings. The molecule has 0 aromatic heterocycles. The number of thiocarbonyl (C=S) groups is 1. The number of hydrazone groups is 1. The molecule has 0 fully saturated rings.